The van der Waals surface area contributed by atoms with Gasteiger partial charge in [0.15, 0.2) is 0 Å². The molecule has 80 valence electrons. The van der Waals surface area contributed by atoms with Gasteiger partial charge in [-0.15, -0.1) is 0 Å². The van der Waals surface area contributed by atoms with Crippen LogP contribution in [0.3, 0.4) is 0 Å². The molecule has 1 saturated heterocycles. The van der Waals surface area contributed by atoms with Gasteiger partial charge in [-0.1, -0.05) is 15.9 Å². The van der Waals surface area contributed by atoms with Crippen molar-refractivity contribution in [3.63, 3.8) is 0 Å². The standard InChI is InChI=1S/C9H14BrNO3/c1-14-8(12)4-6-11-5-2-3-7(10)9(11)13/h7H,2-6H2,1H3/t7-/m0/s1. The van der Waals surface area contributed by atoms with Gasteiger partial charge in [-0.05, 0) is 12.8 Å². The van der Waals surface area contributed by atoms with Gasteiger partial charge in [-0.25, -0.2) is 0 Å². The Balaban J connectivity index is 2.36. The van der Waals surface area contributed by atoms with E-state index in [0.29, 0.717) is 6.54 Å². The van der Waals surface area contributed by atoms with Gasteiger partial charge in [0.05, 0.1) is 18.4 Å². The highest BCUT2D eigenvalue weighted by Crippen LogP contribution is 2.18. The van der Waals surface area contributed by atoms with E-state index in [1.165, 1.54) is 7.11 Å². The number of carbonyl (C=O) groups is 2. The summed E-state index contributed by atoms with van der Waals surface area (Å²) in [6.45, 7) is 1.21. The molecular formula is C9H14BrNO3. The number of rotatable bonds is 3. The minimum absolute atomic E-state index is 0.0751. The highest BCUT2D eigenvalue weighted by Gasteiger charge is 2.26. The zero-order valence-electron chi connectivity index (χ0n) is 8.16. The lowest BCUT2D eigenvalue weighted by Crippen LogP contribution is -2.42. The predicted molar refractivity (Wildman–Crippen MR) is 55.2 cm³/mol. The van der Waals surface area contributed by atoms with Crippen LogP contribution < -0.4 is 0 Å². The third-order valence-corrected chi connectivity index (χ3v) is 3.13. The summed E-state index contributed by atoms with van der Waals surface area (Å²) >= 11 is 3.31. The van der Waals surface area contributed by atoms with E-state index < -0.39 is 0 Å². The van der Waals surface area contributed by atoms with Crippen molar-refractivity contribution in [1.82, 2.24) is 4.90 Å². The van der Waals surface area contributed by atoms with E-state index in [2.05, 4.69) is 20.7 Å². The first kappa shape index (κ1) is 11.5. The zero-order chi connectivity index (χ0) is 10.6. The molecule has 1 fully saturated rings. The molecule has 1 atom stereocenters. The summed E-state index contributed by atoms with van der Waals surface area (Å²) in [6.07, 6.45) is 2.15. The molecule has 0 spiro atoms. The predicted octanol–water partition coefficient (Wildman–Crippen LogP) is 0.935. The van der Waals surface area contributed by atoms with E-state index in [0.717, 1.165) is 19.4 Å². The van der Waals surface area contributed by atoms with Gasteiger partial charge in [0.1, 0.15) is 0 Å². The fourth-order valence-electron chi connectivity index (χ4n) is 1.44. The Hall–Kier alpha value is -0.580. The quantitative estimate of drug-likeness (QED) is 0.563. The molecule has 0 unspecified atom stereocenters. The van der Waals surface area contributed by atoms with Crippen LogP contribution in [0.25, 0.3) is 0 Å². The van der Waals surface area contributed by atoms with Crippen LogP contribution in [-0.2, 0) is 14.3 Å². The number of ether oxygens (including phenoxy) is 1. The molecule has 1 aliphatic rings. The molecule has 1 heterocycles. The highest BCUT2D eigenvalue weighted by molar-refractivity contribution is 9.10. The van der Waals surface area contributed by atoms with Gasteiger partial charge >= 0.3 is 5.97 Å². The van der Waals surface area contributed by atoms with Crippen LogP contribution in [0.15, 0.2) is 0 Å². The summed E-state index contributed by atoms with van der Waals surface area (Å²) in [4.78, 5) is 24.1. The second-order valence-electron chi connectivity index (χ2n) is 3.26. The van der Waals surface area contributed by atoms with E-state index in [1.54, 1.807) is 4.90 Å². The number of likely N-dealkylation sites (tertiary alicyclic amines) is 1. The van der Waals surface area contributed by atoms with Crippen molar-refractivity contribution in [1.29, 1.82) is 0 Å². The molecule has 4 nitrogen and oxygen atoms in total. The molecule has 0 bridgehead atoms. The minimum Gasteiger partial charge on any atom is -0.469 e. The number of carbonyl (C=O) groups excluding carboxylic acids is 2. The third kappa shape index (κ3) is 2.97. The van der Waals surface area contributed by atoms with Crippen molar-refractivity contribution in [2.75, 3.05) is 20.2 Å². The first-order valence-corrected chi connectivity index (χ1v) is 5.56. The molecule has 0 aromatic rings. The summed E-state index contributed by atoms with van der Waals surface area (Å²) in [5.41, 5.74) is 0. The number of alkyl halides is 1. The smallest absolute Gasteiger partial charge is 0.307 e. The molecule has 1 rings (SSSR count). The van der Waals surface area contributed by atoms with E-state index in [1.807, 2.05) is 0 Å². The van der Waals surface area contributed by atoms with Crippen LogP contribution in [-0.4, -0.2) is 41.8 Å². The SMILES string of the molecule is COC(=O)CCN1CCC[C@H](Br)C1=O. The summed E-state index contributed by atoms with van der Waals surface area (Å²) in [7, 11) is 1.35. The van der Waals surface area contributed by atoms with Crippen LogP contribution in [0.1, 0.15) is 19.3 Å². The van der Waals surface area contributed by atoms with Crippen LogP contribution in [0, 0.1) is 0 Å². The number of esters is 1. The Morgan fingerprint density at radius 3 is 3.07 bits per heavy atom. The summed E-state index contributed by atoms with van der Waals surface area (Å²) in [5.74, 6) is -0.186. The van der Waals surface area contributed by atoms with Crippen LogP contribution in [0.5, 0.6) is 0 Å². The van der Waals surface area contributed by atoms with Crippen molar-refractivity contribution in [2.45, 2.75) is 24.1 Å². The minimum atomic E-state index is -0.269. The maximum absolute atomic E-state index is 11.6. The van der Waals surface area contributed by atoms with Crippen LogP contribution in [0.2, 0.25) is 0 Å². The lowest BCUT2D eigenvalue weighted by atomic mass is 10.1. The Morgan fingerprint density at radius 2 is 2.43 bits per heavy atom. The van der Waals surface area contributed by atoms with E-state index in [9.17, 15) is 9.59 Å². The Morgan fingerprint density at radius 1 is 1.71 bits per heavy atom. The second-order valence-corrected chi connectivity index (χ2v) is 4.37. The van der Waals surface area contributed by atoms with Crippen molar-refractivity contribution in [2.24, 2.45) is 0 Å². The van der Waals surface area contributed by atoms with Crippen molar-refractivity contribution in [3.05, 3.63) is 0 Å². The summed E-state index contributed by atoms with van der Waals surface area (Å²) in [5, 5.41) is 0. The molecule has 0 aliphatic carbocycles. The van der Waals surface area contributed by atoms with Gasteiger partial charge in [-0.3, -0.25) is 9.59 Å². The second kappa shape index (κ2) is 5.34. The van der Waals surface area contributed by atoms with E-state index in [-0.39, 0.29) is 23.1 Å². The van der Waals surface area contributed by atoms with Gasteiger partial charge in [0.25, 0.3) is 0 Å². The van der Waals surface area contributed by atoms with Gasteiger partial charge < -0.3 is 9.64 Å². The average molecular weight is 264 g/mol. The van der Waals surface area contributed by atoms with E-state index >= 15 is 0 Å². The molecule has 0 radical (unpaired) electrons. The largest absolute Gasteiger partial charge is 0.469 e. The first-order chi connectivity index (χ1) is 6.65. The molecule has 0 aromatic heterocycles. The molecular weight excluding hydrogens is 250 g/mol. The maximum Gasteiger partial charge on any atom is 0.307 e. The fourth-order valence-corrected chi connectivity index (χ4v) is 2.06. The summed E-state index contributed by atoms with van der Waals surface area (Å²) in [6, 6.07) is 0. The topological polar surface area (TPSA) is 46.6 Å². The van der Waals surface area contributed by atoms with Crippen LogP contribution >= 0.6 is 15.9 Å². The number of nitrogens with zero attached hydrogens (tertiary/aromatic N) is 1. The maximum atomic E-state index is 11.6. The van der Waals surface area contributed by atoms with Crippen molar-refractivity contribution >= 4 is 27.8 Å². The molecule has 1 amide bonds. The number of amides is 1. The molecule has 0 saturated carbocycles. The van der Waals surface area contributed by atoms with Crippen molar-refractivity contribution < 1.29 is 14.3 Å². The number of halogens is 1. The van der Waals surface area contributed by atoms with Gasteiger partial charge in [-0.2, -0.15) is 0 Å². The van der Waals surface area contributed by atoms with Gasteiger partial charge in [0.2, 0.25) is 5.91 Å². The molecule has 14 heavy (non-hydrogen) atoms. The van der Waals surface area contributed by atoms with Crippen LogP contribution in [0.4, 0.5) is 0 Å². The monoisotopic (exact) mass is 263 g/mol. The number of hydrogen-bond acceptors (Lipinski definition) is 3. The third-order valence-electron chi connectivity index (χ3n) is 2.28. The van der Waals surface area contributed by atoms with Gasteiger partial charge in [0, 0.05) is 13.1 Å². The molecule has 0 aromatic carbocycles. The van der Waals surface area contributed by atoms with E-state index in [4.69, 9.17) is 0 Å². The number of hydrogen-bond donors (Lipinski definition) is 0. The Labute approximate surface area is 91.7 Å². The zero-order valence-corrected chi connectivity index (χ0v) is 9.75. The normalized spacial score (nSPS) is 22.3. The van der Waals surface area contributed by atoms with Crippen molar-refractivity contribution in [3.8, 4) is 0 Å². The molecule has 5 heteroatoms. The Bertz CT molecular complexity index is 232. The average Bonchev–Trinajstić information content (AvgIpc) is 2.20. The lowest BCUT2D eigenvalue weighted by Gasteiger charge is -2.29. The Kier molecular flexibility index (Phi) is 4.38. The number of piperidine rings is 1. The fraction of sp³-hybridized carbons (Fsp3) is 0.778. The highest BCUT2D eigenvalue weighted by atomic mass is 79.9. The summed E-state index contributed by atoms with van der Waals surface area (Å²) < 4.78 is 4.51. The lowest BCUT2D eigenvalue weighted by molar-refractivity contribution is -0.142. The first-order valence-electron chi connectivity index (χ1n) is 4.65. The number of methoxy groups -OCH3 is 1. The molecule has 1 aliphatic heterocycles. The molecule has 0 N–H and O–H groups in total.